The number of nitrogens with one attached hydrogen (secondary N) is 2. The largest absolute Gasteiger partial charge is 0.371 e. The molecular formula is C22H29N3S. The molecule has 1 saturated heterocycles. The van der Waals surface area contributed by atoms with Gasteiger partial charge in [-0.3, -0.25) is 0 Å². The highest BCUT2D eigenvalue weighted by atomic mass is 32.1. The highest BCUT2D eigenvalue weighted by molar-refractivity contribution is 7.80. The highest BCUT2D eigenvalue weighted by Gasteiger charge is 2.16. The van der Waals surface area contributed by atoms with Gasteiger partial charge in [-0.2, -0.15) is 0 Å². The van der Waals surface area contributed by atoms with Gasteiger partial charge in [0.1, 0.15) is 0 Å². The number of thiocarbonyl (C=S) groups is 1. The SMILES string of the molecule is Cc1ccc(NC(=S)NCc2ccc(N3CCCC(C)C3)cc2)c(C)c1. The maximum atomic E-state index is 5.44. The van der Waals surface area contributed by atoms with Gasteiger partial charge in [0, 0.05) is 31.0 Å². The van der Waals surface area contributed by atoms with Crippen molar-refractivity contribution in [3.63, 3.8) is 0 Å². The zero-order valence-corrected chi connectivity index (χ0v) is 16.8. The van der Waals surface area contributed by atoms with E-state index in [2.05, 4.69) is 78.8 Å². The van der Waals surface area contributed by atoms with Crippen LogP contribution in [0.2, 0.25) is 0 Å². The number of anilines is 2. The van der Waals surface area contributed by atoms with Gasteiger partial charge in [0.05, 0.1) is 0 Å². The van der Waals surface area contributed by atoms with Crippen LogP contribution in [0.5, 0.6) is 0 Å². The molecule has 0 amide bonds. The van der Waals surface area contributed by atoms with E-state index in [0.29, 0.717) is 5.11 Å². The second-order valence-electron chi connectivity index (χ2n) is 7.49. The van der Waals surface area contributed by atoms with Crippen LogP contribution in [-0.4, -0.2) is 18.2 Å². The van der Waals surface area contributed by atoms with Gasteiger partial charge in [0.15, 0.2) is 5.11 Å². The number of rotatable bonds is 4. The second-order valence-corrected chi connectivity index (χ2v) is 7.89. The van der Waals surface area contributed by atoms with E-state index in [1.54, 1.807) is 0 Å². The Labute approximate surface area is 162 Å². The standard InChI is InChI=1S/C22H29N3S/c1-16-6-11-21(18(3)13-16)24-22(26)23-14-19-7-9-20(10-8-19)25-12-4-5-17(2)15-25/h6-11,13,17H,4-5,12,14-15H2,1-3H3,(H2,23,24,26). The molecule has 0 spiro atoms. The fourth-order valence-electron chi connectivity index (χ4n) is 3.55. The van der Waals surface area contributed by atoms with Crippen LogP contribution >= 0.6 is 12.2 Å². The molecule has 26 heavy (non-hydrogen) atoms. The minimum Gasteiger partial charge on any atom is -0.371 e. The minimum absolute atomic E-state index is 0.658. The first-order valence-corrected chi connectivity index (χ1v) is 9.88. The Hall–Kier alpha value is -2.07. The molecule has 3 rings (SSSR count). The van der Waals surface area contributed by atoms with Crippen molar-refractivity contribution in [3.8, 4) is 0 Å². The molecule has 1 aliphatic rings. The van der Waals surface area contributed by atoms with Crippen LogP contribution in [0.3, 0.4) is 0 Å². The molecule has 2 N–H and O–H groups in total. The highest BCUT2D eigenvalue weighted by Crippen LogP contribution is 2.23. The topological polar surface area (TPSA) is 27.3 Å². The Morgan fingerprint density at radius 3 is 2.62 bits per heavy atom. The summed E-state index contributed by atoms with van der Waals surface area (Å²) >= 11 is 5.44. The Bertz CT molecular complexity index is 754. The number of benzene rings is 2. The van der Waals surface area contributed by atoms with Gasteiger partial charge in [0.25, 0.3) is 0 Å². The predicted octanol–water partition coefficient (Wildman–Crippen LogP) is 5.03. The summed E-state index contributed by atoms with van der Waals surface area (Å²) in [7, 11) is 0. The molecule has 1 unspecified atom stereocenters. The molecule has 0 saturated carbocycles. The summed E-state index contributed by atoms with van der Waals surface area (Å²) in [6.45, 7) is 9.61. The predicted molar refractivity (Wildman–Crippen MR) is 116 cm³/mol. The van der Waals surface area contributed by atoms with Gasteiger partial charge in [-0.25, -0.2) is 0 Å². The average molecular weight is 368 g/mol. The summed E-state index contributed by atoms with van der Waals surface area (Å²) in [4.78, 5) is 2.50. The van der Waals surface area contributed by atoms with Crippen LogP contribution in [0.25, 0.3) is 0 Å². The lowest BCUT2D eigenvalue weighted by atomic mass is 9.99. The van der Waals surface area contributed by atoms with Gasteiger partial charge in [-0.05, 0) is 74.2 Å². The van der Waals surface area contributed by atoms with E-state index in [-0.39, 0.29) is 0 Å². The van der Waals surface area contributed by atoms with Crippen molar-refractivity contribution in [1.82, 2.24) is 5.32 Å². The molecule has 4 heteroatoms. The van der Waals surface area contributed by atoms with Crippen molar-refractivity contribution >= 4 is 28.7 Å². The first-order chi connectivity index (χ1) is 12.5. The number of piperidine rings is 1. The molecule has 1 aliphatic heterocycles. The van der Waals surface area contributed by atoms with Gasteiger partial charge in [-0.15, -0.1) is 0 Å². The quantitative estimate of drug-likeness (QED) is 0.742. The monoisotopic (exact) mass is 367 g/mol. The smallest absolute Gasteiger partial charge is 0.171 e. The van der Waals surface area contributed by atoms with Crippen LogP contribution < -0.4 is 15.5 Å². The summed E-state index contributed by atoms with van der Waals surface area (Å²) < 4.78 is 0. The Kier molecular flexibility index (Phi) is 6.15. The minimum atomic E-state index is 0.658. The van der Waals surface area contributed by atoms with Crippen LogP contribution in [0, 0.1) is 19.8 Å². The Morgan fingerprint density at radius 2 is 1.92 bits per heavy atom. The van der Waals surface area contributed by atoms with Crippen LogP contribution in [0.4, 0.5) is 11.4 Å². The van der Waals surface area contributed by atoms with Crippen LogP contribution in [-0.2, 0) is 6.54 Å². The van der Waals surface area contributed by atoms with Gasteiger partial charge < -0.3 is 15.5 Å². The first kappa shape index (κ1) is 18.7. The van der Waals surface area contributed by atoms with Crippen molar-refractivity contribution in [2.45, 2.75) is 40.2 Å². The summed E-state index contributed by atoms with van der Waals surface area (Å²) in [6.07, 6.45) is 2.65. The molecule has 0 radical (unpaired) electrons. The average Bonchev–Trinajstić information content (AvgIpc) is 2.63. The molecule has 3 nitrogen and oxygen atoms in total. The van der Waals surface area contributed by atoms with E-state index in [9.17, 15) is 0 Å². The summed E-state index contributed by atoms with van der Waals surface area (Å²) in [5.41, 5.74) is 6.09. The summed E-state index contributed by atoms with van der Waals surface area (Å²) in [6, 6.07) is 15.2. The third-order valence-corrected chi connectivity index (χ3v) is 5.29. The lowest BCUT2D eigenvalue weighted by Gasteiger charge is -2.32. The molecule has 138 valence electrons. The number of hydrogen-bond donors (Lipinski definition) is 2. The van der Waals surface area contributed by atoms with Crippen molar-refractivity contribution < 1.29 is 0 Å². The first-order valence-electron chi connectivity index (χ1n) is 9.47. The van der Waals surface area contributed by atoms with Gasteiger partial charge in [-0.1, -0.05) is 36.8 Å². The van der Waals surface area contributed by atoms with Crippen molar-refractivity contribution in [3.05, 3.63) is 59.2 Å². The molecule has 1 fully saturated rings. The van der Waals surface area contributed by atoms with Gasteiger partial charge in [0.2, 0.25) is 0 Å². The van der Waals surface area contributed by atoms with Crippen molar-refractivity contribution in [1.29, 1.82) is 0 Å². The molecular weight excluding hydrogens is 338 g/mol. The van der Waals surface area contributed by atoms with E-state index in [0.717, 1.165) is 18.2 Å². The van der Waals surface area contributed by atoms with E-state index >= 15 is 0 Å². The Balaban J connectivity index is 1.52. The molecule has 2 aromatic carbocycles. The van der Waals surface area contributed by atoms with E-state index in [1.807, 2.05) is 0 Å². The molecule has 0 aromatic heterocycles. The van der Waals surface area contributed by atoms with Crippen LogP contribution in [0.15, 0.2) is 42.5 Å². The number of aryl methyl sites for hydroxylation is 2. The zero-order valence-electron chi connectivity index (χ0n) is 16.0. The summed E-state index contributed by atoms with van der Waals surface area (Å²) in [5.74, 6) is 0.791. The Morgan fingerprint density at radius 1 is 1.15 bits per heavy atom. The maximum Gasteiger partial charge on any atom is 0.171 e. The molecule has 1 heterocycles. The maximum absolute atomic E-state index is 5.44. The number of nitrogens with zero attached hydrogens (tertiary/aromatic N) is 1. The molecule has 1 atom stereocenters. The third-order valence-electron chi connectivity index (χ3n) is 5.04. The van der Waals surface area contributed by atoms with E-state index < -0.39 is 0 Å². The zero-order chi connectivity index (χ0) is 18.5. The number of hydrogen-bond acceptors (Lipinski definition) is 2. The molecule has 0 bridgehead atoms. The van der Waals surface area contributed by atoms with E-state index in [1.165, 1.54) is 48.3 Å². The fraction of sp³-hybridized carbons (Fsp3) is 0.409. The lowest BCUT2D eigenvalue weighted by molar-refractivity contribution is 0.447. The van der Waals surface area contributed by atoms with Crippen molar-refractivity contribution in [2.24, 2.45) is 5.92 Å². The second kappa shape index (κ2) is 8.54. The van der Waals surface area contributed by atoms with Crippen LogP contribution in [0.1, 0.15) is 36.5 Å². The molecule has 0 aliphatic carbocycles. The fourth-order valence-corrected chi connectivity index (χ4v) is 3.73. The van der Waals surface area contributed by atoms with E-state index in [4.69, 9.17) is 12.2 Å². The summed E-state index contributed by atoms with van der Waals surface area (Å²) in [5, 5.41) is 7.25. The normalized spacial score (nSPS) is 17.0. The lowest BCUT2D eigenvalue weighted by Crippen LogP contribution is -2.34. The van der Waals surface area contributed by atoms with Gasteiger partial charge >= 0.3 is 0 Å². The molecule has 2 aromatic rings. The van der Waals surface area contributed by atoms with Crippen molar-refractivity contribution in [2.75, 3.05) is 23.3 Å². The third kappa shape index (κ3) is 4.98.